The Morgan fingerprint density at radius 1 is 1.20 bits per heavy atom. The summed E-state index contributed by atoms with van der Waals surface area (Å²) in [6.45, 7) is 11.6. The summed E-state index contributed by atoms with van der Waals surface area (Å²) in [4.78, 5) is 28.8. The fourth-order valence-electron chi connectivity index (χ4n) is 3.17. The molecular weight excluding hydrogens is 316 g/mol. The van der Waals surface area contributed by atoms with Crippen molar-refractivity contribution < 1.29 is 9.59 Å². The van der Waals surface area contributed by atoms with E-state index in [-0.39, 0.29) is 5.91 Å². The number of anilines is 2. The summed E-state index contributed by atoms with van der Waals surface area (Å²) >= 11 is 0. The van der Waals surface area contributed by atoms with E-state index in [0.29, 0.717) is 39.1 Å². The first-order valence-electron chi connectivity index (χ1n) is 9.15. The van der Waals surface area contributed by atoms with Gasteiger partial charge in [0.1, 0.15) is 0 Å². The molecule has 6 heteroatoms. The SMILES string of the molecule is CCN(CC)c1ccc(NCCC(=O)N2CCN(C=O)CC2)c(C)c1. The average Bonchev–Trinajstić information content (AvgIpc) is 2.64. The van der Waals surface area contributed by atoms with Crippen LogP contribution in [0.25, 0.3) is 0 Å². The molecule has 138 valence electrons. The molecule has 1 aliphatic rings. The number of hydrogen-bond acceptors (Lipinski definition) is 4. The molecule has 1 aliphatic heterocycles. The number of amides is 2. The summed E-state index contributed by atoms with van der Waals surface area (Å²) in [6, 6.07) is 6.41. The quantitative estimate of drug-likeness (QED) is 0.731. The normalized spacial score (nSPS) is 14.4. The first kappa shape index (κ1) is 19.1. The Morgan fingerprint density at radius 2 is 1.88 bits per heavy atom. The zero-order valence-corrected chi connectivity index (χ0v) is 15.6. The molecule has 1 N–H and O–H groups in total. The molecule has 1 aromatic carbocycles. The van der Waals surface area contributed by atoms with Crippen molar-refractivity contribution in [2.75, 3.05) is 56.0 Å². The van der Waals surface area contributed by atoms with Crippen LogP contribution in [0, 0.1) is 6.92 Å². The van der Waals surface area contributed by atoms with E-state index in [1.165, 1.54) is 11.3 Å². The maximum absolute atomic E-state index is 12.3. The third-order valence-electron chi connectivity index (χ3n) is 4.81. The van der Waals surface area contributed by atoms with Gasteiger partial charge in [-0.25, -0.2) is 0 Å². The lowest BCUT2D eigenvalue weighted by Crippen LogP contribution is -2.48. The van der Waals surface area contributed by atoms with Crippen molar-refractivity contribution in [3.63, 3.8) is 0 Å². The summed E-state index contributed by atoms with van der Waals surface area (Å²) in [7, 11) is 0. The number of hydrogen-bond donors (Lipinski definition) is 1. The molecule has 1 heterocycles. The first-order chi connectivity index (χ1) is 12.1. The molecule has 2 amide bonds. The van der Waals surface area contributed by atoms with E-state index in [0.717, 1.165) is 25.2 Å². The van der Waals surface area contributed by atoms with E-state index in [9.17, 15) is 9.59 Å². The summed E-state index contributed by atoms with van der Waals surface area (Å²) < 4.78 is 0. The molecule has 0 saturated carbocycles. The molecule has 0 unspecified atom stereocenters. The minimum absolute atomic E-state index is 0.149. The zero-order valence-electron chi connectivity index (χ0n) is 15.6. The van der Waals surface area contributed by atoms with Gasteiger partial charge in [-0.05, 0) is 44.5 Å². The van der Waals surface area contributed by atoms with Crippen LogP contribution in [0.1, 0.15) is 25.8 Å². The van der Waals surface area contributed by atoms with Crippen molar-refractivity contribution >= 4 is 23.7 Å². The molecule has 0 aromatic heterocycles. The number of carbonyl (C=O) groups is 2. The second-order valence-electron chi connectivity index (χ2n) is 6.37. The van der Waals surface area contributed by atoms with Crippen LogP contribution in [0.3, 0.4) is 0 Å². The Kier molecular flexibility index (Phi) is 7.10. The Hall–Kier alpha value is -2.24. The number of benzene rings is 1. The van der Waals surface area contributed by atoms with Crippen LogP contribution < -0.4 is 10.2 Å². The molecule has 0 bridgehead atoms. The standard InChI is InChI=1S/C19H30N4O2/c1-4-22(5-2)17-6-7-18(16(3)14-17)20-9-8-19(25)23-12-10-21(15-24)11-13-23/h6-7,14-15,20H,4-5,8-13H2,1-3H3. The van der Waals surface area contributed by atoms with Gasteiger partial charge in [-0.3, -0.25) is 9.59 Å². The van der Waals surface area contributed by atoms with Gasteiger partial charge >= 0.3 is 0 Å². The number of piperazine rings is 1. The molecule has 0 atom stereocenters. The van der Waals surface area contributed by atoms with Crippen LogP contribution in [0.5, 0.6) is 0 Å². The van der Waals surface area contributed by atoms with Gasteiger partial charge in [-0.1, -0.05) is 0 Å². The number of aryl methyl sites for hydroxylation is 1. The van der Waals surface area contributed by atoms with Crippen LogP contribution in [0.15, 0.2) is 18.2 Å². The van der Waals surface area contributed by atoms with Gasteiger partial charge in [-0.2, -0.15) is 0 Å². The first-order valence-corrected chi connectivity index (χ1v) is 9.15. The largest absolute Gasteiger partial charge is 0.384 e. The van der Waals surface area contributed by atoms with E-state index in [1.807, 2.05) is 4.90 Å². The number of nitrogens with zero attached hydrogens (tertiary/aromatic N) is 3. The molecule has 2 rings (SSSR count). The third kappa shape index (κ3) is 5.11. The van der Waals surface area contributed by atoms with E-state index in [1.54, 1.807) is 4.90 Å². The maximum Gasteiger partial charge on any atom is 0.224 e. The molecule has 25 heavy (non-hydrogen) atoms. The van der Waals surface area contributed by atoms with Crippen molar-refractivity contribution in [2.45, 2.75) is 27.2 Å². The highest BCUT2D eigenvalue weighted by atomic mass is 16.2. The lowest BCUT2D eigenvalue weighted by molar-refractivity contribution is -0.134. The van der Waals surface area contributed by atoms with Crippen molar-refractivity contribution in [1.29, 1.82) is 0 Å². The summed E-state index contributed by atoms with van der Waals surface area (Å²) in [5.74, 6) is 0.149. The Morgan fingerprint density at radius 3 is 2.44 bits per heavy atom. The smallest absolute Gasteiger partial charge is 0.224 e. The maximum atomic E-state index is 12.3. The second kappa shape index (κ2) is 9.30. The molecular formula is C19H30N4O2. The van der Waals surface area contributed by atoms with Crippen molar-refractivity contribution in [1.82, 2.24) is 9.80 Å². The van der Waals surface area contributed by atoms with Gasteiger partial charge in [0.25, 0.3) is 0 Å². The van der Waals surface area contributed by atoms with Crippen LogP contribution >= 0.6 is 0 Å². The Bertz CT molecular complexity index is 579. The zero-order chi connectivity index (χ0) is 18.2. The van der Waals surface area contributed by atoms with Crippen LogP contribution in [0.4, 0.5) is 11.4 Å². The molecule has 0 radical (unpaired) electrons. The van der Waals surface area contributed by atoms with E-state index in [2.05, 4.69) is 49.2 Å². The monoisotopic (exact) mass is 346 g/mol. The van der Waals surface area contributed by atoms with Crippen molar-refractivity contribution in [3.05, 3.63) is 23.8 Å². The summed E-state index contributed by atoms with van der Waals surface area (Å²) in [5.41, 5.74) is 3.50. The lowest BCUT2D eigenvalue weighted by atomic mass is 10.1. The van der Waals surface area contributed by atoms with E-state index in [4.69, 9.17) is 0 Å². The van der Waals surface area contributed by atoms with Gasteiger partial charge in [0, 0.05) is 63.6 Å². The fourth-order valence-corrected chi connectivity index (χ4v) is 3.17. The molecule has 1 aromatic rings. The molecule has 0 aliphatic carbocycles. The second-order valence-corrected chi connectivity index (χ2v) is 6.37. The van der Waals surface area contributed by atoms with Gasteiger partial charge in [0.2, 0.25) is 12.3 Å². The number of nitrogens with one attached hydrogen (secondary N) is 1. The van der Waals surface area contributed by atoms with Gasteiger partial charge in [0.15, 0.2) is 0 Å². The highest BCUT2D eigenvalue weighted by Gasteiger charge is 2.19. The van der Waals surface area contributed by atoms with Crippen molar-refractivity contribution in [3.8, 4) is 0 Å². The van der Waals surface area contributed by atoms with Crippen LogP contribution in [-0.2, 0) is 9.59 Å². The average molecular weight is 346 g/mol. The molecule has 6 nitrogen and oxygen atoms in total. The van der Waals surface area contributed by atoms with Crippen LogP contribution in [0.2, 0.25) is 0 Å². The number of rotatable bonds is 8. The fraction of sp³-hybridized carbons (Fsp3) is 0.579. The summed E-state index contributed by atoms with van der Waals surface area (Å²) in [6.07, 6.45) is 1.33. The van der Waals surface area contributed by atoms with Crippen LogP contribution in [-0.4, -0.2) is 67.9 Å². The van der Waals surface area contributed by atoms with Gasteiger partial charge < -0.3 is 20.0 Å². The molecule has 1 saturated heterocycles. The van der Waals surface area contributed by atoms with E-state index < -0.39 is 0 Å². The topological polar surface area (TPSA) is 55.9 Å². The third-order valence-corrected chi connectivity index (χ3v) is 4.81. The molecule has 1 fully saturated rings. The highest BCUT2D eigenvalue weighted by molar-refractivity contribution is 5.77. The predicted octanol–water partition coefficient (Wildman–Crippen LogP) is 1.94. The van der Waals surface area contributed by atoms with Gasteiger partial charge in [-0.15, -0.1) is 0 Å². The van der Waals surface area contributed by atoms with E-state index >= 15 is 0 Å². The summed E-state index contributed by atoms with van der Waals surface area (Å²) in [5, 5.41) is 3.37. The van der Waals surface area contributed by atoms with Crippen molar-refractivity contribution in [2.24, 2.45) is 0 Å². The lowest BCUT2D eigenvalue weighted by Gasteiger charge is -2.32. The Labute approximate surface area is 150 Å². The van der Waals surface area contributed by atoms with Gasteiger partial charge in [0.05, 0.1) is 0 Å². The molecule has 0 spiro atoms. The predicted molar refractivity (Wildman–Crippen MR) is 102 cm³/mol. The number of carbonyl (C=O) groups excluding carboxylic acids is 2. The minimum atomic E-state index is 0.149. The minimum Gasteiger partial charge on any atom is -0.384 e. The Balaban J connectivity index is 1.81. The highest BCUT2D eigenvalue weighted by Crippen LogP contribution is 2.22.